The Kier molecular flexibility index (Phi) is 3.20. The Balaban J connectivity index is 2.11. The van der Waals surface area contributed by atoms with Gasteiger partial charge in [0.25, 0.3) is 5.91 Å². The molecule has 3 nitrogen and oxygen atoms in total. The molecule has 2 aromatic carbocycles. The number of nitrogens with one attached hydrogen (secondary N) is 1. The van der Waals surface area contributed by atoms with Crippen LogP contribution in [0.25, 0.3) is 0 Å². The van der Waals surface area contributed by atoms with Crippen LogP contribution in [0.5, 0.6) is 0 Å². The first-order valence-electron chi connectivity index (χ1n) is 7.19. The number of carbonyl (C=O) groups excluding carboxylic acids is 1. The topological polar surface area (TPSA) is 32.3 Å². The highest BCUT2D eigenvalue weighted by molar-refractivity contribution is 6.01. The highest BCUT2D eigenvalue weighted by atomic mass is 16.2. The van der Waals surface area contributed by atoms with Crippen molar-refractivity contribution in [3.05, 3.63) is 64.2 Å². The number of benzene rings is 2. The van der Waals surface area contributed by atoms with Gasteiger partial charge in [0, 0.05) is 18.3 Å². The average molecular weight is 280 g/mol. The smallest absolute Gasteiger partial charge is 0.257 e. The largest absolute Gasteiger partial charge is 0.361 e. The number of para-hydroxylation sites is 1. The summed E-state index contributed by atoms with van der Waals surface area (Å²) in [5.74, 6) is 0.0636. The van der Waals surface area contributed by atoms with E-state index in [0.717, 1.165) is 11.3 Å². The molecule has 0 spiro atoms. The predicted molar refractivity (Wildman–Crippen MR) is 85.6 cm³/mol. The van der Waals surface area contributed by atoms with Gasteiger partial charge < -0.3 is 10.2 Å². The van der Waals surface area contributed by atoms with Crippen molar-refractivity contribution < 1.29 is 4.79 Å². The van der Waals surface area contributed by atoms with Crippen molar-refractivity contribution in [3.8, 4) is 0 Å². The van der Waals surface area contributed by atoms with E-state index in [-0.39, 0.29) is 12.1 Å². The molecule has 3 rings (SSSR count). The lowest BCUT2D eigenvalue weighted by Gasteiger charge is -2.37. The summed E-state index contributed by atoms with van der Waals surface area (Å²) in [4.78, 5) is 14.4. The van der Waals surface area contributed by atoms with Crippen LogP contribution in [0.2, 0.25) is 0 Å². The van der Waals surface area contributed by atoms with Crippen LogP contribution < -0.4 is 5.32 Å². The number of nitrogens with zero attached hydrogens (tertiary/aromatic N) is 1. The Morgan fingerprint density at radius 3 is 2.33 bits per heavy atom. The van der Waals surface area contributed by atoms with E-state index >= 15 is 0 Å². The second-order valence-electron chi connectivity index (χ2n) is 5.82. The van der Waals surface area contributed by atoms with Gasteiger partial charge in [-0.15, -0.1) is 0 Å². The maximum absolute atomic E-state index is 12.6. The fourth-order valence-corrected chi connectivity index (χ4v) is 3.24. The summed E-state index contributed by atoms with van der Waals surface area (Å²) < 4.78 is 0. The van der Waals surface area contributed by atoms with Gasteiger partial charge in [-0.2, -0.15) is 0 Å². The molecule has 1 aliphatic rings. The molecular formula is C18H20N2O. The molecule has 0 aliphatic carbocycles. The first kappa shape index (κ1) is 13.7. The number of hydrogen-bond donors (Lipinski definition) is 1. The molecular weight excluding hydrogens is 260 g/mol. The Hall–Kier alpha value is -2.29. The Morgan fingerprint density at radius 1 is 1.05 bits per heavy atom. The molecule has 1 heterocycles. The van der Waals surface area contributed by atoms with E-state index in [0.29, 0.717) is 0 Å². The van der Waals surface area contributed by atoms with Crippen LogP contribution in [0.15, 0.2) is 36.4 Å². The van der Waals surface area contributed by atoms with Crippen LogP contribution in [0.4, 0.5) is 5.69 Å². The van der Waals surface area contributed by atoms with Crippen molar-refractivity contribution in [2.24, 2.45) is 0 Å². The van der Waals surface area contributed by atoms with Gasteiger partial charge in [-0.3, -0.25) is 4.79 Å². The molecule has 1 unspecified atom stereocenters. The highest BCUT2D eigenvalue weighted by Gasteiger charge is 2.31. The van der Waals surface area contributed by atoms with Gasteiger partial charge in [-0.05, 0) is 44.0 Å². The Labute approximate surface area is 125 Å². The minimum absolute atomic E-state index is 0.0636. The SMILES string of the molecule is Cc1cc(C)c(C2Nc3ccccc3C(=O)N2C)c(C)c1. The summed E-state index contributed by atoms with van der Waals surface area (Å²) in [6.45, 7) is 6.31. The first-order valence-corrected chi connectivity index (χ1v) is 7.19. The van der Waals surface area contributed by atoms with Gasteiger partial charge in [0.15, 0.2) is 0 Å². The zero-order valence-corrected chi connectivity index (χ0v) is 12.9. The summed E-state index contributed by atoms with van der Waals surface area (Å²) in [6.07, 6.45) is -0.118. The molecule has 0 radical (unpaired) electrons. The number of anilines is 1. The van der Waals surface area contributed by atoms with Gasteiger partial charge >= 0.3 is 0 Å². The maximum Gasteiger partial charge on any atom is 0.257 e. The molecule has 1 N–H and O–H groups in total. The van der Waals surface area contributed by atoms with Gasteiger partial charge in [-0.1, -0.05) is 29.8 Å². The van der Waals surface area contributed by atoms with Gasteiger partial charge in [0.1, 0.15) is 6.17 Å². The molecule has 1 atom stereocenters. The van der Waals surface area contributed by atoms with E-state index < -0.39 is 0 Å². The summed E-state index contributed by atoms with van der Waals surface area (Å²) in [5, 5.41) is 3.50. The lowest BCUT2D eigenvalue weighted by molar-refractivity contribution is 0.0735. The molecule has 1 amide bonds. The molecule has 0 saturated carbocycles. The molecule has 0 aromatic heterocycles. The van der Waals surface area contributed by atoms with Crippen molar-refractivity contribution in [2.75, 3.05) is 12.4 Å². The molecule has 21 heavy (non-hydrogen) atoms. The van der Waals surface area contributed by atoms with E-state index in [1.54, 1.807) is 4.90 Å². The monoisotopic (exact) mass is 280 g/mol. The zero-order valence-electron chi connectivity index (χ0n) is 12.9. The normalized spacial score (nSPS) is 17.4. The van der Waals surface area contributed by atoms with Crippen LogP contribution >= 0.6 is 0 Å². The number of rotatable bonds is 1. The zero-order chi connectivity index (χ0) is 15.1. The van der Waals surface area contributed by atoms with Crippen LogP contribution in [-0.4, -0.2) is 17.9 Å². The molecule has 0 saturated heterocycles. The van der Waals surface area contributed by atoms with Crippen LogP contribution in [0, 0.1) is 20.8 Å². The quantitative estimate of drug-likeness (QED) is 0.861. The van der Waals surface area contributed by atoms with Crippen LogP contribution in [0.3, 0.4) is 0 Å². The first-order chi connectivity index (χ1) is 9.99. The molecule has 2 aromatic rings. The third-order valence-electron chi connectivity index (χ3n) is 4.17. The standard InChI is InChI=1S/C18H20N2O/c1-11-9-12(2)16(13(3)10-11)17-19-15-8-6-5-7-14(15)18(21)20(17)4/h5-10,17,19H,1-4H3. The number of hydrogen-bond acceptors (Lipinski definition) is 2. The van der Waals surface area contributed by atoms with Gasteiger partial charge in [-0.25, -0.2) is 0 Å². The van der Waals surface area contributed by atoms with E-state index in [1.165, 1.54) is 22.3 Å². The van der Waals surface area contributed by atoms with E-state index in [1.807, 2.05) is 31.3 Å². The molecule has 0 fully saturated rings. The minimum atomic E-state index is -0.118. The molecule has 0 bridgehead atoms. The number of aryl methyl sites for hydroxylation is 3. The van der Waals surface area contributed by atoms with Crippen molar-refractivity contribution in [3.63, 3.8) is 0 Å². The maximum atomic E-state index is 12.6. The lowest BCUT2D eigenvalue weighted by atomic mass is 9.95. The number of carbonyl (C=O) groups is 1. The fraction of sp³-hybridized carbons (Fsp3) is 0.278. The number of amides is 1. The molecule has 1 aliphatic heterocycles. The van der Waals surface area contributed by atoms with Crippen molar-refractivity contribution >= 4 is 11.6 Å². The summed E-state index contributed by atoms with van der Waals surface area (Å²) in [7, 11) is 1.86. The van der Waals surface area contributed by atoms with Crippen LogP contribution in [-0.2, 0) is 0 Å². The van der Waals surface area contributed by atoms with E-state index in [9.17, 15) is 4.79 Å². The Morgan fingerprint density at radius 2 is 1.67 bits per heavy atom. The minimum Gasteiger partial charge on any atom is -0.361 e. The van der Waals surface area contributed by atoms with Gasteiger partial charge in [0.05, 0.1) is 5.56 Å². The van der Waals surface area contributed by atoms with Crippen molar-refractivity contribution in [1.29, 1.82) is 0 Å². The Bertz CT molecular complexity index is 698. The second kappa shape index (κ2) is 4.92. The highest BCUT2D eigenvalue weighted by Crippen LogP contribution is 2.34. The molecule has 108 valence electrons. The van der Waals surface area contributed by atoms with Crippen molar-refractivity contribution in [1.82, 2.24) is 4.90 Å². The predicted octanol–water partition coefficient (Wildman–Crippen LogP) is 3.81. The second-order valence-corrected chi connectivity index (χ2v) is 5.82. The summed E-state index contributed by atoms with van der Waals surface area (Å²) in [5.41, 5.74) is 6.50. The average Bonchev–Trinajstić information content (AvgIpc) is 2.43. The van der Waals surface area contributed by atoms with Crippen molar-refractivity contribution in [2.45, 2.75) is 26.9 Å². The third-order valence-corrected chi connectivity index (χ3v) is 4.17. The third kappa shape index (κ3) is 2.19. The fourth-order valence-electron chi connectivity index (χ4n) is 3.24. The summed E-state index contributed by atoms with van der Waals surface area (Å²) in [6, 6.07) is 12.0. The van der Waals surface area contributed by atoms with E-state index in [2.05, 4.69) is 38.2 Å². The lowest BCUT2D eigenvalue weighted by Crippen LogP contribution is -2.40. The summed E-state index contributed by atoms with van der Waals surface area (Å²) >= 11 is 0. The molecule has 3 heteroatoms. The van der Waals surface area contributed by atoms with Gasteiger partial charge in [0.2, 0.25) is 0 Å². The number of fused-ring (bicyclic) bond motifs is 1. The van der Waals surface area contributed by atoms with E-state index in [4.69, 9.17) is 0 Å². The van der Waals surface area contributed by atoms with Crippen LogP contribution in [0.1, 0.15) is 38.8 Å².